The first-order valence-electron chi connectivity index (χ1n) is 12.1. The van der Waals surface area contributed by atoms with Gasteiger partial charge < -0.3 is 31.2 Å². The summed E-state index contributed by atoms with van der Waals surface area (Å²) in [6.45, 7) is 0.789. The molecule has 5 heterocycles. The molecule has 5 rings (SSSR count). The standard InChI is InChI=1S/C23H25N9O6S3/c1-38-29-16(13-10-41-23(24)26-13)19(34)27-17-20(35)32-18(22(36)37)12(9-40-21(17)32)8-30-5-6-31-15(30)3-2-14(28-31)39-7-4-25-11-33/h2-3,5-6,10-11,17,21,28H,4,7-9H2,1H3,(H2,24,26)(H,25,33)(H,27,34)(H,36,37)/b29-16-/t17-,21+/m1/s1. The average molecular weight is 620 g/mol. The third-order valence-electron chi connectivity index (χ3n) is 6.20. The number of aromatic nitrogens is 1. The molecule has 6 N–H and O–H groups in total. The van der Waals surface area contributed by atoms with E-state index in [1.165, 1.54) is 23.8 Å². The summed E-state index contributed by atoms with van der Waals surface area (Å²) in [6.07, 6.45) is 8.11. The Morgan fingerprint density at radius 3 is 2.93 bits per heavy atom. The van der Waals surface area contributed by atoms with Crippen molar-refractivity contribution in [1.29, 1.82) is 0 Å². The molecule has 1 fully saturated rings. The van der Waals surface area contributed by atoms with E-state index in [0.29, 0.717) is 30.0 Å². The summed E-state index contributed by atoms with van der Waals surface area (Å²) in [6, 6.07) is -0.948. The molecule has 4 aliphatic rings. The summed E-state index contributed by atoms with van der Waals surface area (Å²) in [5, 5.41) is 23.0. The molecule has 0 aliphatic carbocycles. The first kappa shape index (κ1) is 28.4. The number of amides is 3. The van der Waals surface area contributed by atoms with E-state index in [0.717, 1.165) is 22.2 Å². The number of β-lactam (4-membered cyclic amide) rings is 1. The van der Waals surface area contributed by atoms with Crippen molar-refractivity contribution in [3.8, 4) is 0 Å². The molecule has 15 nitrogen and oxygen atoms in total. The number of carboxylic acids is 1. The van der Waals surface area contributed by atoms with Crippen LogP contribution in [0, 0.1) is 0 Å². The molecular formula is C23H25N9O6S3. The second-order valence-electron chi connectivity index (χ2n) is 8.70. The molecule has 1 saturated heterocycles. The SMILES string of the molecule is CO/N=C(\C(=O)N[C@@H]1C(=O)N2C(C(=O)O)=C(CN3C=CN4NC(SCCNC=O)=CC=C34)CS[C@@H]12)c1csc(N)n1. The fraction of sp³-hybridized carbons (Fsp3) is 0.304. The lowest BCUT2D eigenvalue weighted by atomic mass is 10.0. The topological polar surface area (TPSA) is 195 Å². The smallest absolute Gasteiger partial charge is 0.352 e. The number of fused-ring (bicyclic) bond motifs is 2. The van der Waals surface area contributed by atoms with Crippen LogP contribution in [-0.4, -0.2) is 97.9 Å². The van der Waals surface area contributed by atoms with E-state index in [4.69, 9.17) is 10.6 Å². The normalized spacial score (nSPS) is 21.3. The van der Waals surface area contributed by atoms with Gasteiger partial charge >= 0.3 is 5.97 Å². The Labute approximate surface area is 246 Å². The van der Waals surface area contributed by atoms with Gasteiger partial charge in [-0.3, -0.25) is 24.7 Å². The van der Waals surface area contributed by atoms with E-state index in [1.54, 1.807) is 17.1 Å². The zero-order chi connectivity index (χ0) is 29.1. The lowest BCUT2D eigenvalue weighted by Crippen LogP contribution is -2.71. The van der Waals surface area contributed by atoms with Crippen LogP contribution in [-0.2, 0) is 24.0 Å². The van der Waals surface area contributed by atoms with Gasteiger partial charge in [0, 0.05) is 42.4 Å². The predicted octanol–water partition coefficient (Wildman–Crippen LogP) is -0.417. The number of hydrogen-bond acceptors (Lipinski definition) is 14. The van der Waals surface area contributed by atoms with Crippen molar-refractivity contribution >= 4 is 69.9 Å². The number of nitrogen functional groups attached to an aromatic ring is 1. The van der Waals surface area contributed by atoms with Crippen LogP contribution >= 0.6 is 34.9 Å². The number of rotatable bonds is 12. The minimum Gasteiger partial charge on any atom is -0.477 e. The number of nitrogens with one attached hydrogen (secondary N) is 3. The van der Waals surface area contributed by atoms with Gasteiger partial charge in [0.05, 0.1) is 5.03 Å². The highest BCUT2D eigenvalue weighted by Crippen LogP contribution is 2.41. The van der Waals surface area contributed by atoms with Crippen LogP contribution < -0.4 is 21.8 Å². The lowest BCUT2D eigenvalue weighted by Gasteiger charge is -2.49. The van der Waals surface area contributed by atoms with E-state index in [-0.39, 0.29) is 28.8 Å². The third-order valence-corrected chi connectivity index (χ3v) is 9.16. The monoisotopic (exact) mass is 619 g/mol. The zero-order valence-corrected chi connectivity index (χ0v) is 23.9. The molecule has 4 aliphatic heterocycles. The number of carbonyl (C=O) groups excluding carboxylic acids is 3. The van der Waals surface area contributed by atoms with Gasteiger partial charge in [0.15, 0.2) is 10.8 Å². The second kappa shape index (κ2) is 12.1. The van der Waals surface area contributed by atoms with Crippen LogP contribution in [0.5, 0.6) is 0 Å². The number of carboxylic acid groups (broad SMARTS) is 1. The van der Waals surface area contributed by atoms with Crippen molar-refractivity contribution in [3.05, 3.63) is 57.7 Å². The number of nitrogens with two attached hydrogens (primary N) is 1. The van der Waals surface area contributed by atoms with E-state index >= 15 is 0 Å². The van der Waals surface area contributed by atoms with Gasteiger partial charge in [-0.1, -0.05) is 5.16 Å². The summed E-state index contributed by atoms with van der Waals surface area (Å²) in [5.74, 6) is -0.618. The molecule has 0 radical (unpaired) electrons. The minimum atomic E-state index is -1.22. The van der Waals surface area contributed by atoms with E-state index in [1.807, 2.05) is 34.5 Å². The Kier molecular flexibility index (Phi) is 8.41. The lowest BCUT2D eigenvalue weighted by molar-refractivity contribution is -0.150. The van der Waals surface area contributed by atoms with Gasteiger partial charge in [0.1, 0.15) is 35.7 Å². The molecule has 0 unspecified atom stereocenters. The fourth-order valence-electron chi connectivity index (χ4n) is 4.42. The van der Waals surface area contributed by atoms with Crippen LogP contribution in [0.4, 0.5) is 5.13 Å². The molecule has 2 atom stereocenters. The molecule has 1 aromatic rings. The van der Waals surface area contributed by atoms with Gasteiger partial charge in [0.2, 0.25) is 6.41 Å². The zero-order valence-electron chi connectivity index (χ0n) is 21.5. The summed E-state index contributed by atoms with van der Waals surface area (Å²) >= 11 is 4.04. The Bertz CT molecular complexity index is 1420. The number of allylic oxidation sites excluding steroid dienone is 2. The van der Waals surface area contributed by atoms with E-state index < -0.39 is 29.2 Å². The first-order valence-corrected chi connectivity index (χ1v) is 15.0. The summed E-state index contributed by atoms with van der Waals surface area (Å²) in [4.78, 5) is 60.8. The second-order valence-corrected chi connectivity index (χ2v) is 11.8. The number of nitrogens with zero attached hydrogens (tertiary/aromatic N) is 5. The van der Waals surface area contributed by atoms with E-state index in [2.05, 4.69) is 26.2 Å². The van der Waals surface area contributed by atoms with E-state index in [9.17, 15) is 24.3 Å². The van der Waals surface area contributed by atoms with Gasteiger partial charge in [0.25, 0.3) is 11.8 Å². The molecular weight excluding hydrogens is 595 g/mol. The maximum absolute atomic E-state index is 13.1. The predicted molar refractivity (Wildman–Crippen MR) is 153 cm³/mol. The molecule has 1 aromatic heterocycles. The number of oxime groups is 1. The molecule has 216 valence electrons. The van der Waals surface area contributed by atoms with Crippen LogP contribution in [0.2, 0.25) is 0 Å². The largest absolute Gasteiger partial charge is 0.477 e. The average Bonchev–Trinajstić information content (AvgIpc) is 3.57. The van der Waals surface area contributed by atoms with Gasteiger partial charge in [-0.15, -0.1) is 34.9 Å². The molecule has 0 spiro atoms. The maximum atomic E-state index is 13.1. The summed E-state index contributed by atoms with van der Waals surface area (Å²) < 4.78 is 0. The van der Waals surface area contributed by atoms with Crippen molar-refractivity contribution < 1.29 is 29.1 Å². The maximum Gasteiger partial charge on any atom is 0.352 e. The molecule has 41 heavy (non-hydrogen) atoms. The highest BCUT2D eigenvalue weighted by Gasteiger charge is 2.54. The highest BCUT2D eigenvalue weighted by atomic mass is 32.2. The Morgan fingerprint density at radius 1 is 1.39 bits per heavy atom. The number of hydrazine groups is 1. The molecule has 3 amide bonds. The number of thioether (sulfide) groups is 2. The number of aliphatic carboxylic acids is 1. The Morgan fingerprint density at radius 2 is 2.22 bits per heavy atom. The van der Waals surface area contributed by atoms with Gasteiger partial charge in [-0.05, 0) is 17.7 Å². The highest BCUT2D eigenvalue weighted by molar-refractivity contribution is 8.03. The van der Waals surface area contributed by atoms with Crippen molar-refractivity contribution in [2.45, 2.75) is 11.4 Å². The van der Waals surface area contributed by atoms with Crippen LogP contribution in [0.25, 0.3) is 0 Å². The van der Waals surface area contributed by atoms with Crippen molar-refractivity contribution in [2.75, 3.05) is 37.4 Å². The Hall–Kier alpha value is -4.16. The van der Waals surface area contributed by atoms with Crippen molar-refractivity contribution in [2.24, 2.45) is 5.16 Å². The Balaban J connectivity index is 1.27. The number of hydrogen-bond donors (Lipinski definition) is 5. The van der Waals surface area contributed by atoms with Crippen LogP contribution in [0.3, 0.4) is 0 Å². The fourth-order valence-corrected chi connectivity index (χ4v) is 7.07. The van der Waals surface area contributed by atoms with Gasteiger partial charge in [-0.2, -0.15) is 0 Å². The number of thiazole rings is 1. The van der Waals surface area contributed by atoms with Gasteiger partial charge in [-0.25, -0.2) is 14.8 Å². The number of carbonyl (C=O) groups is 4. The molecule has 0 bridgehead atoms. The quantitative estimate of drug-likeness (QED) is 0.0666. The summed E-state index contributed by atoms with van der Waals surface area (Å²) in [7, 11) is 1.28. The minimum absolute atomic E-state index is 0.0898. The number of anilines is 1. The first-order chi connectivity index (χ1) is 19.8. The third kappa shape index (κ3) is 5.70. The van der Waals surface area contributed by atoms with Crippen LogP contribution in [0.1, 0.15) is 5.69 Å². The molecule has 18 heteroatoms. The molecule has 0 aromatic carbocycles. The molecule has 0 saturated carbocycles. The van der Waals surface area contributed by atoms with Crippen molar-refractivity contribution in [1.82, 2.24) is 35.9 Å². The van der Waals surface area contributed by atoms with Crippen LogP contribution in [0.15, 0.2) is 57.2 Å². The van der Waals surface area contributed by atoms with Crippen molar-refractivity contribution in [3.63, 3.8) is 0 Å². The summed E-state index contributed by atoms with van der Waals surface area (Å²) in [5.41, 5.74) is 9.46.